The van der Waals surface area contributed by atoms with Crippen LogP contribution in [-0.2, 0) is 16.0 Å². The van der Waals surface area contributed by atoms with Gasteiger partial charge in [0, 0.05) is 0 Å². The first-order chi connectivity index (χ1) is 9.02. The lowest BCUT2D eigenvalue weighted by Gasteiger charge is -2.11. The van der Waals surface area contributed by atoms with Crippen molar-refractivity contribution in [2.75, 3.05) is 13.7 Å². The standard InChI is InChI=1S/C15H23NO3/c1-11(2)8-9-19-13-6-4-12(5-7-13)10-14(16)15(17)18-3/h4-7,11,14H,8-10,16H2,1-3H3. The third kappa shape index (κ3) is 5.75. The Bertz CT molecular complexity index is 387. The molecule has 1 aromatic carbocycles. The first-order valence-corrected chi connectivity index (χ1v) is 6.58. The van der Waals surface area contributed by atoms with E-state index >= 15 is 0 Å². The van der Waals surface area contributed by atoms with Gasteiger partial charge < -0.3 is 15.2 Å². The Morgan fingerprint density at radius 2 is 1.89 bits per heavy atom. The Kier molecular flexibility index (Phi) is 6.36. The normalized spacial score (nSPS) is 12.3. The molecule has 0 saturated heterocycles. The average molecular weight is 265 g/mol. The number of nitrogens with two attached hydrogens (primary N) is 1. The van der Waals surface area contributed by atoms with E-state index in [1.165, 1.54) is 7.11 Å². The van der Waals surface area contributed by atoms with Crippen LogP contribution in [0.3, 0.4) is 0 Å². The number of hydrogen-bond acceptors (Lipinski definition) is 4. The molecule has 0 aromatic heterocycles. The van der Waals surface area contributed by atoms with Crippen LogP contribution in [0.25, 0.3) is 0 Å². The Morgan fingerprint density at radius 3 is 2.42 bits per heavy atom. The zero-order valence-corrected chi connectivity index (χ0v) is 11.9. The van der Waals surface area contributed by atoms with Gasteiger partial charge in [-0.2, -0.15) is 0 Å². The molecule has 0 spiro atoms. The lowest BCUT2D eigenvalue weighted by Crippen LogP contribution is -2.33. The van der Waals surface area contributed by atoms with Crippen molar-refractivity contribution in [3.63, 3.8) is 0 Å². The van der Waals surface area contributed by atoms with Crippen molar-refractivity contribution in [2.24, 2.45) is 11.7 Å². The van der Waals surface area contributed by atoms with Crippen LogP contribution in [0.2, 0.25) is 0 Å². The maximum Gasteiger partial charge on any atom is 0.322 e. The molecule has 4 heteroatoms. The van der Waals surface area contributed by atoms with Gasteiger partial charge in [0.2, 0.25) is 0 Å². The number of carbonyl (C=O) groups is 1. The van der Waals surface area contributed by atoms with Gasteiger partial charge in [-0.25, -0.2) is 0 Å². The smallest absolute Gasteiger partial charge is 0.322 e. The molecular weight excluding hydrogens is 242 g/mol. The Hall–Kier alpha value is -1.55. The van der Waals surface area contributed by atoms with Gasteiger partial charge in [0.05, 0.1) is 13.7 Å². The van der Waals surface area contributed by atoms with Crippen LogP contribution in [0.1, 0.15) is 25.8 Å². The summed E-state index contributed by atoms with van der Waals surface area (Å²) >= 11 is 0. The van der Waals surface area contributed by atoms with Crippen molar-refractivity contribution < 1.29 is 14.3 Å². The summed E-state index contributed by atoms with van der Waals surface area (Å²) in [5.41, 5.74) is 6.70. The average Bonchev–Trinajstić information content (AvgIpc) is 2.39. The van der Waals surface area contributed by atoms with E-state index < -0.39 is 12.0 Å². The molecule has 19 heavy (non-hydrogen) atoms. The second-order valence-corrected chi connectivity index (χ2v) is 5.01. The SMILES string of the molecule is COC(=O)C(N)Cc1ccc(OCCC(C)C)cc1. The Labute approximate surface area is 114 Å². The van der Waals surface area contributed by atoms with E-state index in [9.17, 15) is 4.79 Å². The van der Waals surface area contributed by atoms with Gasteiger partial charge in [-0.15, -0.1) is 0 Å². The Balaban J connectivity index is 2.45. The highest BCUT2D eigenvalue weighted by Gasteiger charge is 2.13. The highest BCUT2D eigenvalue weighted by atomic mass is 16.5. The molecule has 0 heterocycles. The summed E-state index contributed by atoms with van der Waals surface area (Å²) in [5.74, 6) is 1.09. The molecule has 0 amide bonds. The third-order valence-electron chi connectivity index (χ3n) is 2.85. The predicted molar refractivity (Wildman–Crippen MR) is 75.1 cm³/mol. The number of ether oxygens (including phenoxy) is 2. The minimum Gasteiger partial charge on any atom is -0.494 e. The quantitative estimate of drug-likeness (QED) is 0.767. The molecule has 106 valence electrons. The van der Waals surface area contributed by atoms with Crippen molar-refractivity contribution >= 4 is 5.97 Å². The van der Waals surface area contributed by atoms with E-state index in [2.05, 4.69) is 18.6 Å². The summed E-state index contributed by atoms with van der Waals surface area (Å²) in [7, 11) is 1.34. The summed E-state index contributed by atoms with van der Waals surface area (Å²) in [6.45, 7) is 5.06. The van der Waals surface area contributed by atoms with Gasteiger partial charge in [0.25, 0.3) is 0 Å². The maximum atomic E-state index is 11.2. The highest BCUT2D eigenvalue weighted by molar-refractivity contribution is 5.75. The lowest BCUT2D eigenvalue weighted by molar-refractivity contribution is -0.142. The number of methoxy groups -OCH3 is 1. The molecule has 1 aromatic rings. The third-order valence-corrected chi connectivity index (χ3v) is 2.85. The van der Waals surface area contributed by atoms with Gasteiger partial charge in [0.1, 0.15) is 11.8 Å². The van der Waals surface area contributed by atoms with Crippen LogP contribution in [0.5, 0.6) is 5.75 Å². The van der Waals surface area contributed by atoms with Gasteiger partial charge in [-0.1, -0.05) is 26.0 Å². The molecule has 0 bridgehead atoms. The van der Waals surface area contributed by atoms with Crippen LogP contribution in [0.15, 0.2) is 24.3 Å². The topological polar surface area (TPSA) is 61.5 Å². The summed E-state index contributed by atoms with van der Waals surface area (Å²) in [4.78, 5) is 11.2. The second kappa shape index (κ2) is 7.79. The van der Waals surface area contributed by atoms with Gasteiger partial charge in [0.15, 0.2) is 0 Å². The zero-order chi connectivity index (χ0) is 14.3. The monoisotopic (exact) mass is 265 g/mol. The number of rotatable bonds is 7. The molecule has 0 radical (unpaired) electrons. The van der Waals surface area contributed by atoms with E-state index in [-0.39, 0.29) is 0 Å². The van der Waals surface area contributed by atoms with E-state index in [4.69, 9.17) is 10.5 Å². The van der Waals surface area contributed by atoms with Crippen molar-refractivity contribution in [2.45, 2.75) is 32.7 Å². The highest BCUT2D eigenvalue weighted by Crippen LogP contribution is 2.14. The zero-order valence-electron chi connectivity index (χ0n) is 11.9. The van der Waals surface area contributed by atoms with Gasteiger partial charge in [-0.3, -0.25) is 4.79 Å². The van der Waals surface area contributed by atoms with Crippen LogP contribution in [-0.4, -0.2) is 25.7 Å². The minimum absolute atomic E-state index is 0.391. The second-order valence-electron chi connectivity index (χ2n) is 5.01. The lowest BCUT2D eigenvalue weighted by atomic mass is 10.1. The molecule has 0 fully saturated rings. The van der Waals surface area contributed by atoms with Gasteiger partial charge in [-0.05, 0) is 36.5 Å². The molecule has 4 nitrogen and oxygen atoms in total. The number of esters is 1. The molecule has 1 rings (SSSR count). The van der Waals surface area contributed by atoms with Crippen molar-refractivity contribution in [3.8, 4) is 5.75 Å². The molecule has 0 aliphatic heterocycles. The molecular formula is C15H23NO3. The summed E-state index contributed by atoms with van der Waals surface area (Å²) < 4.78 is 10.2. The molecule has 1 unspecified atom stereocenters. The minimum atomic E-state index is -0.613. The molecule has 0 aliphatic rings. The Morgan fingerprint density at radius 1 is 1.26 bits per heavy atom. The van der Waals surface area contributed by atoms with Crippen molar-refractivity contribution in [1.29, 1.82) is 0 Å². The molecule has 0 aliphatic carbocycles. The number of carbonyl (C=O) groups excluding carboxylic acids is 1. The van der Waals surface area contributed by atoms with Crippen LogP contribution < -0.4 is 10.5 Å². The van der Waals surface area contributed by atoms with E-state index in [1.54, 1.807) is 0 Å². The first-order valence-electron chi connectivity index (χ1n) is 6.58. The van der Waals surface area contributed by atoms with Crippen LogP contribution in [0.4, 0.5) is 0 Å². The molecule has 1 atom stereocenters. The maximum absolute atomic E-state index is 11.2. The van der Waals surface area contributed by atoms with E-state index in [1.807, 2.05) is 24.3 Å². The summed E-state index contributed by atoms with van der Waals surface area (Å²) in [6.07, 6.45) is 1.51. The van der Waals surface area contributed by atoms with Crippen molar-refractivity contribution in [1.82, 2.24) is 0 Å². The van der Waals surface area contributed by atoms with Crippen molar-refractivity contribution in [3.05, 3.63) is 29.8 Å². The number of hydrogen-bond donors (Lipinski definition) is 1. The molecule has 0 saturated carbocycles. The van der Waals surface area contributed by atoms with Crippen LogP contribution in [0, 0.1) is 5.92 Å². The molecule has 2 N–H and O–H groups in total. The summed E-state index contributed by atoms with van der Waals surface area (Å²) in [6, 6.07) is 7.04. The number of benzene rings is 1. The summed E-state index contributed by atoms with van der Waals surface area (Å²) in [5, 5.41) is 0. The largest absolute Gasteiger partial charge is 0.494 e. The fraction of sp³-hybridized carbons (Fsp3) is 0.533. The fourth-order valence-corrected chi connectivity index (χ4v) is 1.62. The fourth-order valence-electron chi connectivity index (χ4n) is 1.62. The first kappa shape index (κ1) is 15.5. The predicted octanol–water partition coefficient (Wildman–Crippen LogP) is 2.15. The van der Waals surface area contributed by atoms with Gasteiger partial charge >= 0.3 is 5.97 Å². The van der Waals surface area contributed by atoms with E-state index in [0.29, 0.717) is 12.3 Å². The van der Waals surface area contributed by atoms with Crippen LogP contribution >= 0.6 is 0 Å². The van der Waals surface area contributed by atoms with E-state index in [0.717, 1.165) is 24.3 Å².